The summed E-state index contributed by atoms with van der Waals surface area (Å²) < 4.78 is 24.8. The predicted octanol–water partition coefficient (Wildman–Crippen LogP) is 3.92. The number of carbonyl (C=O) groups is 2. The second-order valence-electron chi connectivity index (χ2n) is 5.46. The Morgan fingerprint density at radius 1 is 1.35 bits per heavy atom. The van der Waals surface area contributed by atoms with E-state index >= 15 is 0 Å². The lowest BCUT2D eigenvalue weighted by molar-refractivity contribution is -0.119. The highest BCUT2D eigenvalue weighted by Crippen LogP contribution is 2.28. The molecule has 0 spiro atoms. The summed E-state index contributed by atoms with van der Waals surface area (Å²) in [6.45, 7) is 1.89. The van der Waals surface area contributed by atoms with Gasteiger partial charge in [-0.3, -0.25) is 9.59 Å². The normalized spacial score (nSPS) is 16.9. The third-order valence-corrected chi connectivity index (χ3v) is 6.19. The van der Waals surface area contributed by atoms with Crippen molar-refractivity contribution in [3.63, 3.8) is 0 Å². The number of benzene rings is 1. The molecule has 2 amide bonds. The van der Waals surface area contributed by atoms with Gasteiger partial charge >= 0.3 is 0 Å². The number of carbonyl (C=O) groups excluding carboxylic acids is 2. The summed E-state index contributed by atoms with van der Waals surface area (Å²) in [5.41, 5.74) is 0.369. The van der Waals surface area contributed by atoms with Gasteiger partial charge in [-0.05, 0) is 31.2 Å². The van der Waals surface area contributed by atoms with Crippen LogP contribution in [0, 0.1) is 6.92 Å². The van der Waals surface area contributed by atoms with E-state index in [0.29, 0.717) is 39.0 Å². The van der Waals surface area contributed by atoms with Crippen LogP contribution in [0.3, 0.4) is 0 Å². The Kier molecular flexibility index (Phi) is 6.15. The molecule has 1 N–H and O–H groups in total. The van der Waals surface area contributed by atoms with Gasteiger partial charge in [0.2, 0.25) is 5.91 Å². The standard InChI is InChI=1S/C16H15F2N3O2S3/c1-9-6-19-16(25-9)20-13(22)12-7-24-8-21(12)14(23)10-2-4-11(5-3-10)26-15(17)18/h2-6,12,15H,7-8H2,1H3,(H,19,20,22)/t12-/m0/s1. The number of thioether (sulfide) groups is 2. The number of halogens is 2. The zero-order valence-corrected chi connectivity index (χ0v) is 16.1. The summed E-state index contributed by atoms with van der Waals surface area (Å²) in [6, 6.07) is 5.40. The summed E-state index contributed by atoms with van der Waals surface area (Å²) in [4.78, 5) is 32.2. The molecule has 0 unspecified atom stereocenters. The largest absolute Gasteiger partial charge is 0.316 e. The summed E-state index contributed by atoms with van der Waals surface area (Å²) in [6.07, 6.45) is 1.67. The molecule has 5 nitrogen and oxygen atoms in total. The van der Waals surface area contributed by atoms with Gasteiger partial charge in [-0.25, -0.2) is 4.98 Å². The lowest BCUT2D eigenvalue weighted by Crippen LogP contribution is -2.44. The van der Waals surface area contributed by atoms with Gasteiger partial charge in [0, 0.05) is 27.3 Å². The first-order valence-electron chi connectivity index (χ1n) is 7.61. The van der Waals surface area contributed by atoms with Crippen LogP contribution in [0.1, 0.15) is 15.2 Å². The fourth-order valence-electron chi connectivity index (χ4n) is 2.41. The molecule has 0 bridgehead atoms. The second kappa shape index (κ2) is 8.36. The average molecular weight is 416 g/mol. The molecule has 1 fully saturated rings. The maximum absolute atomic E-state index is 12.7. The van der Waals surface area contributed by atoms with Crippen LogP contribution in [-0.2, 0) is 4.79 Å². The van der Waals surface area contributed by atoms with Gasteiger partial charge in [0.15, 0.2) is 5.13 Å². The first-order chi connectivity index (χ1) is 12.4. The van der Waals surface area contributed by atoms with Crippen LogP contribution in [0.25, 0.3) is 0 Å². The summed E-state index contributed by atoms with van der Waals surface area (Å²) in [5.74, 6) is -2.17. The number of amides is 2. The first kappa shape index (κ1) is 19.1. The van der Waals surface area contributed by atoms with E-state index < -0.39 is 11.8 Å². The van der Waals surface area contributed by atoms with E-state index in [-0.39, 0.29) is 11.8 Å². The van der Waals surface area contributed by atoms with E-state index in [1.54, 1.807) is 6.20 Å². The van der Waals surface area contributed by atoms with E-state index in [1.165, 1.54) is 52.3 Å². The number of hydrogen-bond donors (Lipinski definition) is 1. The van der Waals surface area contributed by atoms with Crippen molar-refractivity contribution < 1.29 is 18.4 Å². The summed E-state index contributed by atoms with van der Waals surface area (Å²) in [5, 5.41) is 3.25. The number of nitrogens with one attached hydrogen (secondary N) is 1. The van der Waals surface area contributed by atoms with Crippen molar-refractivity contribution in [3.05, 3.63) is 40.9 Å². The van der Waals surface area contributed by atoms with Crippen LogP contribution >= 0.6 is 34.9 Å². The molecule has 3 rings (SSSR count). The van der Waals surface area contributed by atoms with Gasteiger partial charge in [0.1, 0.15) is 6.04 Å². The molecule has 138 valence electrons. The molecular formula is C16H15F2N3O2S3. The fraction of sp³-hybridized carbons (Fsp3) is 0.312. The van der Waals surface area contributed by atoms with Crippen molar-refractivity contribution in [1.29, 1.82) is 0 Å². The zero-order chi connectivity index (χ0) is 18.7. The van der Waals surface area contributed by atoms with Crippen molar-refractivity contribution >= 4 is 51.8 Å². The van der Waals surface area contributed by atoms with Crippen LogP contribution < -0.4 is 5.32 Å². The van der Waals surface area contributed by atoms with Crippen molar-refractivity contribution in [2.75, 3.05) is 16.9 Å². The van der Waals surface area contributed by atoms with Gasteiger partial charge < -0.3 is 10.2 Å². The minimum atomic E-state index is -2.51. The van der Waals surface area contributed by atoms with Crippen LogP contribution in [0.15, 0.2) is 35.4 Å². The van der Waals surface area contributed by atoms with E-state index in [0.717, 1.165) is 4.88 Å². The Hall–Kier alpha value is -1.65. The van der Waals surface area contributed by atoms with Crippen LogP contribution in [0.5, 0.6) is 0 Å². The molecule has 26 heavy (non-hydrogen) atoms. The molecule has 1 aromatic carbocycles. The van der Waals surface area contributed by atoms with E-state index in [1.807, 2.05) is 6.92 Å². The third kappa shape index (κ3) is 4.54. The molecule has 1 atom stereocenters. The molecule has 1 saturated heterocycles. The first-order valence-corrected chi connectivity index (χ1v) is 10.5. The summed E-state index contributed by atoms with van der Waals surface area (Å²) in [7, 11) is 0. The Balaban J connectivity index is 1.68. The molecule has 0 saturated carbocycles. The van der Waals surface area contributed by atoms with E-state index in [4.69, 9.17) is 0 Å². The SMILES string of the molecule is Cc1cnc(NC(=O)[C@@H]2CSCN2C(=O)c2ccc(SC(F)F)cc2)s1. The van der Waals surface area contributed by atoms with Crippen LogP contribution in [0.2, 0.25) is 0 Å². The Labute approximate surface area is 161 Å². The van der Waals surface area contributed by atoms with Gasteiger partial charge in [0.05, 0.1) is 5.88 Å². The number of rotatable bonds is 5. The average Bonchev–Trinajstić information content (AvgIpc) is 3.23. The molecule has 2 heterocycles. The maximum atomic E-state index is 12.7. The molecule has 1 aliphatic rings. The zero-order valence-electron chi connectivity index (χ0n) is 13.6. The number of aromatic nitrogens is 1. The van der Waals surface area contributed by atoms with Crippen LogP contribution in [-0.4, -0.2) is 45.1 Å². The number of hydrogen-bond acceptors (Lipinski definition) is 6. The highest BCUT2D eigenvalue weighted by molar-refractivity contribution is 7.99. The molecule has 2 aromatic rings. The highest BCUT2D eigenvalue weighted by atomic mass is 32.2. The molecule has 1 aliphatic heterocycles. The second-order valence-corrected chi connectivity index (χ2v) is 8.76. The quantitative estimate of drug-likeness (QED) is 0.750. The summed E-state index contributed by atoms with van der Waals surface area (Å²) >= 11 is 3.29. The number of alkyl halides is 2. The van der Waals surface area contributed by atoms with Crippen molar-refractivity contribution in [3.8, 4) is 0 Å². The Bertz CT molecular complexity index is 798. The minimum absolute atomic E-state index is 0.275. The number of thiazole rings is 1. The van der Waals surface area contributed by atoms with Gasteiger partial charge in [0.25, 0.3) is 11.7 Å². The molecular weight excluding hydrogens is 400 g/mol. The minimum Gasteiger partial charge on any atom is -0.316 e. The van der Waals surface area contributed by atoms with E-state index in [2.05, 4.69) is 10.3 Å². The molecule has 0 aliphatic carbocycles. The lowest BCUT2D eigenvalue weighted by Gasteiger charge is -2.22. The van der Waals surface area contributed by atoms with Crippen molar-refractivity contribution in [2.24, 2.45) is 0 Å². The smallest absolute Gasteiger partial charge is 0.288 e. The number of aryl methyl sites for hydroxylation is 1. The van der Waals surface area contributed by atoms with Gasteiger partial charge in [-0.2, -0.15) is 8.78 Å². The number of nitrogens with zero attached hydrogens (tertiary/aromatic N) is 2. The van der Waals surface area contributed by atoms with Crippen LogP contribution in [0.4, 0.5) is 13.9 Å². The number of anilines is 1. The Morgan fingerprint density at radius 2 is 2.08 bits per heavy atom. The molecule has 10 heteroatoms. The monoisotopic (exact) mass is 415 g/mol. The van der Waals surface area contributed by atoms with E-state index in [9.17, 15) is 18.4 Å². The highest BCUT2D eigenvalue weighted by Gasteiger charge is 2.35. The maximum Gasteiger partial charge on any atom is 0.288 e. The van der Waals surface area contributed by atoms with Gasteiger partial charge in [-0.15, -0.1) is 23.1 Å². The molecule has 1 aromatic heterocycles. The third-order valence-electron chi connectivity index (χ3n) is 3.62. The van der Waals surface area contributed by atoms with Crippen molar-refractivity contribution in [1.82, 2.24) is 9.88 Å². The predicted molar refractivity (Wildman–Crippen MR) is 101 cm³/mol. The lowest BCUT2D eigenvalue weighted by atomic mass is 10.1. The topological polar surface area (TPSA) is 62.3 Å². The van der Waals surface area contributed by atoms with Gasteiger partial charge in [-0.1, -0.05) is 11.8 Å². The van der Waals surface area contributed by atoms with Crippen molar-refractivity contribution in [2.45, 2.75) is 23.6 Å². The molecule has 0 radical (unpaired) electrons. The fourth-order valence-corrected chi connectivity index (χ4v) is 4.73. The Morgan fingerprint density at radius 3 is 2.69 bits per heavy atom.